The molecule has 15 heteroatoms. The quantitative estimate of drug-likeness (QED) is 0.242. The van der Waals surface area contributed by atoms with Gasteiger partial charge in [-0.15, -0.1) is 0 Å². The van der Waals surface area contributed by atoms with Crippen LogP contribution >= 0.6 is 0 Å². The number of halogens is 3. The van der Waals surface area contributed by atoms with Crippen molar-refractivity contribution in [3.8, 4) is 0 Å². The summed E-state index contributed by atoms with van der Waals surface area (Å²) in [5, 5.41) is 0. The smallest absolute Gasteiger partial charge is 0.748 e. The zero-order chi connectivity index (χ0) is 26.0. The van der Waals surface area contributed by atoms with Crippen molar-refractivity contribution in [3.05, 3.63) is 0 Å². The van der Waals surface area contributed by atoms with E-state index in [2.05, 4.69) is 50.6 Å². The maximum Gasteiger partial charge on any atom is 1.00 e. The van der Waals surface area contributed by atoms with E-state index in [1.165, 1.54) is 25.7 Å². The molecule has 0 aromatic carbocycles. The van der Waals surface area contributed by atoms with Crippen LogP contribution in [0.5, 0.6) is 0 Å². The molecule has 0 aliphatic heterocycles. The Morgan fingerprint density at radius 2 is 1.47 bits per heavy atom. The molecule has 34 heavy (non-hydrogen) atoms. The van der Waals surface area contributed by atoms with Crippen LogP contribution in [0.4, 0.5) is 13.2 Å². The SMILES string of the molecule is CC(=O)OC(CS(=O)(=O)[O-])C(F)(F)F.C[Si](C)(C)O[Si](C)(O[Si](C)(C)C)C1CC2CCC1C2.[K+]. The predicted molar refractivity (Wildman–Crippen MR) is 126 cm³/mol. The maximum absolute atomic E-state index is 11.9. The number of rotatable bonds is 8. The molecule has 0 N–H and O–H groups in total. The van der Waals surface area contributed by atoms with Gasteiger partial charge >= 0.3 is 72.1 Å². The van der Waals surface area contributed by atoms with Crippen molar-refractivity contribution < 1.29 is 95.3 Å². The van der Waals surface area contributed by atoms with E-state index in [-0.39, 0.29) is 51.4 Å². The molecule has 0 radical (unpaired) electrons. The Bertz CT molecular complexity index is 769. The largest absolute Gasteiger partial charge is 1.00 e. The first-order valence-corrected chi connectivity index (χ1v) is 21.9. The van der Waals surface area contributed by atoms with Crippen molar-refractivity contribution in [1.29, 1.82) is 0 Å². The molecule has 0 spiro atoms. The standard InChI is InChI=1S/C14H32O2Si3.C5H7F3O5S.K/c1-17(2,3)15-19(7,16-18(4,5)6)14-11-12-8-9-13(14)10-12;1-3(9)13-4(5(6,7)8)2-14(10,11)12;/h12-14H,8-11H2,1-7H3;4H,2H2,1H3,(H,10,11,12);/q;;+1/p-1. The van der Waals surface area contributed by atoms with Crippen molar-refractivity contribution in [3.63, 3.8) is 0 Å². The van der Waals surface area contributed by atoms with Crippen LogP contribution in [0.2, 0.25) is 51.4 Å². The molecule has 2 fully saturated rings. The molecule has 196 valence electrons. The molecular weight excluding hydrogens is 553 g/mol. The average Bonchev–Trinajstić information content (AvgIpc) is 3.11. The molecule has 2 rings (SSSR count). The number of fused-ring (bicyclic) bond motifs is 2. The van der Waals surface area contributed by atoms with Gasteiger partial charge in [-0.25, -0.2) is 8.42 Å². The van der Waals surface area contributed by atoms with Crippen LogP contribution < -0.4 is 51.4 Å². The summed E-state index contributed by atoms with van der Waals surface area (Å²) in [6.07, 6.45) is -2.22. The molecule has 2 bridgehead atoms. The van der Waals surface area contributed by atoms with Gasteiger partial charge in [0.2, 0.25) is 6.10 Å². The van der Waals surface area contributed by atoms with Gasteiger partial charge in [-0.1, -0.05) is 12.8 Å². The van der Waals surface area contributed by atoms with Gasteiger partial charge in [-0.05, 0) is 70.5 Å². The minimum atomic E-state index is -5.10. The van der Waals surface area contributed by atoms with Crippen LogP contribution in [0.25, 0.3) is 0 Å². The minimum absolute atomic E-state index is 0. The van der Waals surface area contributed by atoms with Gasteiger partial charge in [0, 0.05) is 12.5 Å². The van der Waals surface area contributed by atoms with Gasteiger partial charge in [0.25, 0.3) is 0 Å². The van der Waals surface area contributed by atoms with E-state index in [9.17, 15) is 30.9 Å². The Balaban J connectivity index is 0.000000654. The minimum Gasteiger partial charge on any atom is -0.748 e. The molecule has 0 heterocycles. The summed E-state index contributed by atoms with van der Waals surface area (Å²) in [6, 6.07) is 0. The Morgan fingerprint density at radius 3 is 1.74 bits per heavy atom. The molecule has 0 amide bonds. The fraction of sp³-hybridized carbons (Fsp3) is 0.947. The molecule has 2 aliphatic carbocycles. The first-order chi connectivity index (χ1) is 14.5. The zero-order valence-electron chi connectivity index (χ0n) is 21.7. The molecular formula is C19H38F3KO7SSi3. The first-order valence-electron chi connectivity index (χ1n) is 11.1. The number of hydrogen-bond donors (Lipinski definition) is 0. The third kappa shape index (κ3) is 13.3. The Morgan fingerprint density at radius 1 is 1.00 bits per heavy atom. The van der Waals surface area contributed by atoms with Crippen molar-refractivity contribution in [2.24, 2.45) is 11.8 Å². The molecule has 2 saturated carbocycles. The van der Waals surface area contributed by atoms with Crippen molar-refractivity contribution in [2.45, 2.75) is 96.3 Å². The first kappa shape index (κ1) is 35.4. The van der Waals surface area contributed by atoms with Gasteiger partial charge in [-0.3, -0.25) is 4.79 Å². The third-order valence-electron chi connectivity index (χ3n) is 5.46. The van der Waals surface area contributed by atoms with E-state index in [1.54, 1.807) is 0 Å². The normalized spacial score (nSPS) is 24.1. The summed E-state index contributed by atoms with van der Waals surface area (Å²) in [4.78, 5) is 10.2. The summed E-state index contributed by atoms with van der Waals surface area (Å²) in [6.45, 7) is 17.0. The van der Waals surface area contributed by atoms with Gasteiger partial charge in [0.1, 0.15) is 0 Å². The van der Waals surface area contributed by atoms with Crippen molar-refractivity contribution in [2.75, 3.05) is 5.75 Å². The molecule has 0 aromatic heterocycles. The number of carbonyl (C=O) groups is 1. The molecule has 0 aromatic rings. The number of esters is 1. The third-order valence-corrected chi connectivity index (χ3v) is 16.4. The second-order valence-corrected chi connectivity index (χ2v) is 25.4. The van der Waals surface area contributed by atoms with Crippen molar-refractivity contribution in [1.82, 2.24) is 0 Å². The second kappa shape index (κ2) is 13.0. The van der Waals surface area contributed by atoms with E-state index < -0.39 is 59.3 Å². The van der Waals surface area contributed by atoms with E-state index in [1.807, 2.05) is 0 Å². The fourth-order valence-corrected chi connectivity index (χ4v) is 18.9. The number of ether oxygens (including phenoxy) is 1. The summed E-state index contributed by atoms with van der Waals surface area (Å²) < 4.78 is 83.0. The maximum atomic E-state index is 11.9. The predicted octanol–water partition coefficient (Wildman–Crippen LogP) is 1.98. The monoisotopic (exact) mass is 590 g/mol. The van der Waals surface area contributed by atoms with E-state index >= 15 is 0 Å². The Hall–Kier alpha value is 1.38. The van der Waals surface area contributed by atoms with Gasteiger partial charge in [-0.2, -0.15) is 13.2 Å². The second-order valence-electron chi connectivity index (χ2n) is 11.1. The molecule has 4 unspecified atom stereocenters. The molecule has 0 saturated heterocycles. The van der Waals surface area contributed by atoms with Crippen molar-refractivity contribution >= 4 is 41.3 Å². The zero-order valence-corrected chi connectivity index (χ0v) is 28.7. The van der Waals surface area contributed by atoms with Crippen LogP contribution in [0, 0.1) is 11.8 Å². The van der Waals surface area contributed by atoms with Crippen LogP contribution in [0.1, 0.15) is 32.6 Å². The van der Waals surface area contributed by atoms with Gasteiger partial charge in [0.15, 0.2) is 16.6 Å². The van der Waals surface area contributed by atoms with E-state index in [4.69, 9.17) is 8.23 Å². The van der Waals surface area contributed by atoms with Crippen LogP contribution in [0.3, 0.4) is 0 Å². The van der Waals surface area contributed by atoms with Gasteiger partial charge < -0.3 is 17.5 Å². The summed E-state index contributed by atoms with van der Waals surface area (Å²) in [5.41, 5.74) is 0.768. The van der Waals surface area contributed by atoms with E-state index in [0.717, 1.165) is 17.4 Å². The number of hydrogen-bond acceptors (Lipinski definition) is 7. The van der Waals surface area contributed by atoms with Gasteiger partial charge in [0.05, 0.1) is 15.9 Å². The Kier molecular flexibility index (Phi) is 13.5. The summed E-state index contributed by atoms with van der Waals surface area (Å²) in [7, 11) is -10.2. The fourth-order valence-electron chi connectivity index (χ4n) is 4.86. The van der Waals surface area contributed by atoms with Crippen LogP contribution in [-0.2, 0) is 27.9 Å². The van der Waals surface area contributed by atoms with Crippen LogP contribution in [-0.4, -0.2) is 62.2 Å². The molecule has 2 aliphatic rings. The topological polar surface area (TPSA) is 102 Å². The van der Waals surface area contributed by atoms with Crippen LogP contribution in [0.15, 0.2) is 0 Å². The number of alkyl halides is 3. The summed E-state index contributed by atoms with van der Waals surface area (Å²) in [5.74, 6) is -1.22. The number of carbonyl (C=O) groups excluding carboxylic acids is 1. The summed E-state index contributed by atoms with van der Waals surface area (Å²) >= 11 is 0. The molecule has 4 atom stereocenters. The Labute approximate surface area is 247 Å². The average molecular weight is 591 g/mol. The molecule has 7 nitrogen and oxygen atoms in total. The van der Waals surface area contributed by atoms with E-state index in [0.29, 0.717) is 6.92 Å².